The molecule has 1 amide bonds. The molecule has 0 radical (unpaired) electrons. The van der Waals surface area contributed by atoms with E-state index >= 15 is 0 Å². The minimum absolute atomic E-state index is 0.0212. The lowest BCUT2D eigenvalue weighted by atomic mass is 10.0. The van der Waals surface area contributed by atoms with E-state index in [-0.39, 0.29) is 30.6 Å². The number of carbonyl (C=O) groups is 2. The molecule has 1 aromatic rings. The highest BCUT2D eigenvalue weighted by molar-refractivity contribution is 5.97. The van der Waals surface area contributed by atoms with Gasteiger partial charge in [-0.15, -0.1) is 0 Å². The van der Waals surface area contributed by atoms with E-state index < -0.39 is 6.10 Å². The molecule has 2 rings (SSSR count). The summed E-state index contributed by atoms with van der Waals surface area (Å²) in [6.45, 7) is 1.97. The molecule has 1 aliphatic carbocycles. The monoisotopic (exact) mass is 275 g/mol. The van der Waals surface area contributed by atoms with Crippen LogP contribution in [0, 0.1) is 6.92 Å². The zero-order valence-corrected chi connectivity index (χ0v) is 11.8. The first kappa shape index (κ1) is 14.7. The number of aliphatic hydroxyl groups is 1. The molecule has 0 aliphatic heterocycles. The highest BCUT2D eigenvalue weighted by atomic mass is 16.3. The van der Waals surface area contributed by atoms with Crippen LogP contribution in [0.2, 0.25) is 0 Å². The molecule has 2 N–H and O–H groups in total. The maximum absolute atomic E-state index is 11.9. The number of carbonyl (C=O) groups excluding carboxylic acids is 2. The number of ketones is 1. The van der Waals surface area contributed by atoms with Crippen LogP contribution in [-0.2, 0) is 4.79 Å². The molecule has 0 bridgehead atoms. The van der Waals surface area contributed by atoms with Crippen molar-refractivity contribution in [3.63, 3.8) is 0 Å². The Morgan fingerprint density at radius 1 is 1.20 bits per heavy atom. The van der Waals surface area contributed by atoms with E-state index in [0.717, 1.165) is 24.8 Å². The Hall–Kier alpha value is -1.68. The van der Waals surface area contributed by atoms with Gasteiger partial charge in [-0.25, -0.2) is 0 Å². The Balaban J connectivity index is 1.78. The van der Waals surface area contributed by atoms with Crippen molar-refractivity contribution in [2.75, 3.05) is 0 Å². The van der Waals surface area contributed by atoms with E-state index in [1.165, 1.54) is 0 Å². The quantitative estimate of drug-likeness (QED) is 0.808. The summed E-state index contributed by atoms with van der Waals surface area (Å²) in [5, 5.41) is 12.4. The average molecular weight is 275 g/mol. The highest BCUT2D eigenvalue weighted by Gasteiger charge is 2.26. The van der Waals surface area contributed by atoms with Crippen molar-refractivity contribution in [2.45, 2.75) is 51.2 Å². The van der Waals surface area contributed by atoms with Gasteiger partial charge in [0.05, 0.1) is 12.1 Å². The minimum atomic E-state index is -0.438. The lowest BCUT2D eigenvalue weighted by molar-refractivity contribution is -0.122. The minimum Gasteiger partial charge on any atom is -0.391 e. The van der Waals surface area contributed by atoms with E-state index in [1.807, 2.05) is 19.1 Å². The van der Waals surface area contributed by atoms with Crippen molar-refractivity contribution >= 4 is 11.7 Å². The van der Waals surface area contributed by atoms with Gasteiger partial charge >= 0.3 is 0 Å². The molecule has 1 saturated carbocycles. The molecule has 1 fully saturated rings. The largest absolute Gasteiger partial charge is 0.391 e. The van der Waals surface area contributed by atoms with E-state index in [9.17, 15) is 14.7 Å². The first-order valence-corrected chi connectivity index (χ1v) is 7.13. The van der Waals surface area contributed by atoms with Crippen molar-refractivity contribution in [1.29, 1.82) is 0 Å². The Bertz CT molecular complexity index is 481. The Morgan fingerprint density at radius 2 is 1.90 bits per heavy atom. The number of amides is 1. The van der Waals surface area contributed by atoms with Gasteiger partial charge < -0.3 is 10.4 Å². The summed E-state index contributed by atoms with van der Waals surface area (Å²) in [6, 6.07) is 7.22. The molecule has 1 aliphatic rings. The highest BCUT2D eigenvalue weighted by Crippen LogP contribution is 2.19. The summed E-state index contributed by atoms with van der Waals surface area (Å²) < 4.78 is 0. The second kappa shape index (κ2) is 6.66. The number of nitrogens with one attached hydrogen (secondary N) is 1. The number of hydrogen-bond donors (Lipinski definition) is 2. The van der Waals surface area contributed by atoms with Crippen molar-refractivity contribution in [1.82, 2.24) is 5.32 Å². The fourth-order valence-electron chi connectivity index (χ4n) is 2.50. The molecule has 0 heterocycles. The van der Waals surface area contributed by atoms with Crippen molar-refractivity contribution in [2.24, 2.45) is 0 Å². The summed E-state index contributed by atoms with van der Waals surface area (Å²) in [5.74, 6) is -0.177. The second-order valence-electron chi connectivity index (χ2n) is 5.46. The van der Waals surface area contributed by atoms with Gasteiger partial charge in [0, 0.05) is 18.4 Å². The van der Waals surface area contributed by atoms with Gasteiger partial charge in [-0.3, -0.25) is 9.59 Å². The van der Waals surface area contributed by atoms with E-state index in [0.29, 0.717) is 5.56 Å². The van der Waals surface area contributed by atoms with Crippen LogP contribution in [0.4, 0.5) is 0 Å². The smallest absolute Gasteiger partial charge is 0.220 e. The summed E-state index contributed by atoms with van der Waals surface area (Å²) in [4.78, 5) is 23.7. The number of Topliss-reactive ketones (excluding diaryl/α,β-unsaturated/α-hetero) is 1. The topological polar surface area (TPSA) is 66.4 Å². The van der Waals surface area contributed by atoms with Gasteiger partial charge in [0.2, 0.25) is 5.91 Å². The van der Waals surface area contributed by atoms with Crippen LogP contribution in [0.5, 0.6) is 0 Å². The molecule has 0 saturated heterocycles. The SMILES string of the molecule is Cc1ccc(C(=O)CCC(=O)NC2CCCC2O)cc1. The zero-order chi connectivity index (χ0) is 14.5. The van der Waals surface area contributed by atoms with Gasteiger partial charge in [-0.1, -0.05) is 29.8 Å². The van der Waals surface area contributed by atoms with Crippen LogP contribution in [0.25, 0.3) is 0 Å². The third kappa shape index (κ3) is 3.90. The standard InChI is InChI=1S/C16H21NO3/c1-11-5-7-12(8-6-11)14(18)9-10-16(20)17-13-3-2-4-15(13)19/h5-8,13,15,19H,2-4,9-10H2,1H3,(H,17,20). The molecule has 0 spiro atoms. The van der Waals surface area contributed by atoms with Crippen LogP contribution in [-0.4, -0.2) is 28.9 Å². The molecule has 4 heteroatoms. The molecule has 20 heavy (non-hydrogen) atoms. The lowest BCUT2D eigenvalue weighted by Crippen LogP contribution is -2.39. The molecular formula is C16H21NO3. The van der Waals surface area contributed by atoms with Crippen molar-refractivity contribution in [3.05, 3.63) is 35.4 Å². The molecule has 2 unspecified atom stereocenters. The maximum Gasteiger partial charge on any atom is 0.220 e. The van der Waals surface area contributed by atoms with E-state index in [2.05, 4.69) is 5.32 Å². The predicted octanol–water partition coefficient (Wildman–Crippen LogP) is 1.99. The van der Waals surface area contributed by atoms with Crippen LogP contribution in [0.15, 0.2) is 24.3 Å². The third-order valence-corrected chi connectivity index (χ3v) is 3.78. The average Bonchev–Trinajstić information content (AvgIpc) is 2.82. The Kier molecular flexibility index (Phi) is 4.90. The number of benzene rings is 1. The summed E-state index contributed by atoms with van der Waals surface area (Å²) in [6.07, 6.45) is 2.44. The molecule has 4 nitrogen and oxygen atoms in total. The molecule has 1 aromatic carbocycles. The maximum atomic E-state index is 11.9. The molecule has 0 aromatic heterocycles. The summed E-state index contributed by atoms with van der Waals surface area (Å²) >= 11 is 0. The third-order valence-electron chi connectivity index (χ3n) is 3.78. The number of rotatable bonds is 5. The number of hydrogen-bond acceptors (Lipinski definition) is 3. The van der Waals surface area contributed by atoms with E-state index in [1.54, 1.807) is 12.1 Å². The lowest BCUT2D eigenvalue weighted by Gasteiger charge is -2.16. The molecular weight excluding hydrogens is 254 g/mol. The first-order valence-electron chi connectivity index (χ1n) is 7.13. The summed E-state index contributed by atoms with van der Waals surface area (Å²) in [7, 11) is 0. The van der Waals surface area contributed by atoms with Crippen LogP contribution >= 0.6 is 0 Å². The first-order chi connectivity index (χ1) is 9.56. The fourth-order valence-corrected chi connectivity index (χ4v) is 2.50. The second-order valence-corrected chi connectivity index (χ2v) is 5.46. The normalized spacial score (nSPS) is 21.7. The van der Waals surface area contributed by atoms with Crippen LogP contribution in [0.1, 0.15) is 48.0 Å². The van der Waals surface area contributed by atoms with Gasteiger partial charge in [-0.05, 0) is 26.2 Å². The van der Waals surface area contributed by atoms with Gasteiger partial charge in [0.1, 0.15) is 0 Å². The Labute approximate surface area is 119 Å². The van der Waals surface area contributed by atoms with Crippen LogP contribution < -0.4 is 5.32 Å². The van der Waals surface area contributed by atoms with E-state index in [4.69, 9.17) is 0 Å². The Morgan fingerprint density at radius 3 is 2.50 bits per heavy atom. The van der Waals surface area contributed by atoms with Gasteiger partial charge in [0.25, 0.3) is 0 Å². The number of aryl methyl sites for hydroxylation is 1. The van der Waals surface area contributed by atoms with Gasteiger partial charge in [0.15, 0.2) is 5.78 Å². The predicted molar refractivity (Wildman–Crippen MR) is 76.5 cm³/mol. The molecule has 108 valence electrons. The van der Waals surface area contributed by atoms with Gasteiger partial charge in [-0.2, -0.15) is 0 Å². The fraction of sp³-hybridized carbons (Fsp3) is 0.500. The number of aliphatic hydroxyl groups excluding tert-OH is 1. The van der Waals surface area contributed by atoms with Crippen molar-refractivity contribution in [3.8, 4) is 0 Å². The van der Waals surface area contributed by atoms with Crippen LogP contribution in [0.3, 0.4) is 0 Å². The zero-order valence-electron chi connectivity index (χ0n) is 11.8. The van der Waals surface area contributed by atoms with Crippen molar-refractivity contribution < 1.29 is 14.7 Å². The molecule has 2 atom stereocenters. The summed E-state index contributed by atoms with van der Waals surface area (Å²) in [5.41, 5.74) is 1.75.